The molecule has 268 valence electrons. The molecule has 12 nitrogen and oxygen atoms in total. The Morgan fingerprint density at radius 2 is 1.84 bits per heavy atom. The third-order valence-corrected chi connectivity index (χ3v) is 9.38. The van der Waals surface area contributed by atoms with Gasteiger partial charge in [-0.25, -0.2) is 14.4 Å². The third-order valence-electron chi connectivity index (χ3n) is 9.38. The van der Waals surface area contributed by atoms with Gasteiger partial charge >= 0.3 is 24.3 Å². The SMILES string of the molecule is CC(C)(C)OC(=O)N[C@H]1CCCCCC=C[C@@H]2C[C@@]2(C(=O)O)NC(=O)[C@@H]2C[C@@H](OC(=O)N3CCc4cc(C(F)(F)F)ccc4C3)CN2C1=O. The van der Waals surface area contributed by atoms with Crippen LogP contribution in [0.4, 0.5) is 22.8 Å². The number of aliphatic carboxylic acids is 1. The van der Waals surface area contributed by atoms with Gasteiger partial charge in [0.25, 0.3) is 0 Å². The smallest absolute Gasteiger partial charge is 0.416 e. The van der Waals surface area contributed by atoms with Gasteiger partial charge in [-0.05, 0) is 76.1 Å². The number of nitrogens with zero attached hydrogens (tertiary/aromatic N) is 2. The Morgan fingerprint density at radius 3 is 2.53 bits per heavy atom. The maximum Gasteiger partial charge on any atom is 0.416 e. The Kier molecular flexibility index (Phi) is 10.2. The lowest BCUT2D eigenvalue weighted by Gasteiger charge is -2.30. The quantitative estimate of drug-likeness (QED) is 0.390. The van der Waals surface area contributed by atoms with Crippen LogP contribution < -0.4 is 10.6 Å². The Hall–Kier alpha value is -4.30. The van der Waals surface area contributed by atoms with Crippen LogP contribution in [-0.4, -0.2) is 87.3 Å². The van der Waals surface area contributed by atoms with E-state index < -0.39 is 77.0 Å². The number of allylic oxidation sites excluding steroid dienone is 1. The van der Waals surface area contributed by atoms with Gasteiger partial charge in [0.1, 0.15) is 29.3 Å². The van der Waals surface area contributed by atoms with E-state index in [-0.39, 0.29) is 45.3 Å². The van der Waals surface area contributed by atoms with Crippen LogP contribution in [0.1, 0.15) is 82.4 Å². The van der Waals surface area contributed by atoms with Crippen LogP contribution in [0.25, 0.3) is 0 Å². The molecular formula is C34H43F3N4O8. The number of fused-ring (bicyclic) bond motifs is 3. The van der Waals surface area contributed by atoms with Crippen molar-refractivity contribution in [2.45, 2.75) is 114 Å². The van der Waals surface area contributed by atoms with Crippen LogP contribution in [-0.2, 0) is 43.0 Å². The summed E-state index contributed by atoms with van der Waals surface area (Å²) in [5.41, 5.74) is -2.10. The van der Waals surface area contributed by atoms with E-state index in [1.807, 2.05) is 6.08 Å². The van der Waals surface area contributed by atoms with E-state index in [9.17, 15) is 42.3 Å². The fraction of sp³-hybridized carbons (Fsp3) is 0.618. The Bertz CT molecular complexity index is 1510. The molecule has 0 spiro atoms. The summed E-state index contributed by atoms with van der Waals surface area (Å²) in [4.78, 5) is 68.8. The summed E-state index contributed by atoms with van der Waals surface area (Å²) in [5, 5.41) is 15.3. The minimum Gasteiger partial charge on any atom is -0.479 e. The molecule has 2 fully saturated rings. The largest absolute Gasteiger partial charge is 0.479 e. The molecule has 1 aromatic rings. The third kappa shape index (κ3) is 8.47. The number of rotatable bonds is 3. The second kappa shape index (κ2) is 13.9. The molecule has 3 aliphatic heterocycles. The molecule has 0 radical (unpaired) electrons. The maximum atomic E-state index is 14.1. The average molecular weight is 693 g/mol. The summed E-state index contributed by atoms with van der Waals surface area (Å²) < 4.78 is 50.7. The van der Waals surface area contributed by atoms with Crippen molar-refractivity contribution < 1.29 is 51.7 Å². The molecule has 5 rings (SSSR count). The fourth-order valence-electron chi connectivity index (χ4n) is 6.70. The molecule has 0 aromatic heterocycles. The van der Waals surface area contributed by atoms with Crippen molar-refractivity contribution in [3.8, 4) is 0 Å². The van der Waals surface area contributed by atoms with Crippen LogP contribution in [0.5, 0.6) is 0 Å². The van der Waals surface area contributed by atoms with Crippen molar-refractivity contribution in [1.29, 1.82) is 0 Å². The number of ether oxygens (including phenoxy) is 2. The van der Waals surface area contributed by atoms with Crippen LogP contribution in [0.2, 0.25) is 0 Å². The minimum atomic E-state index is -4.49. The lowest BCUT2D eigenvalue weighted by molar-refractivity contribution is -0.145. The number of benzene rings is 1. The number of carboxylic acid groups (broad SMARTS) is 1. The zero-order chi connectivity index (χ0) is 35.7. The topological polar surface area (TPSA) is 155 Å². The number of carbonyl (C=O) groups excluding carboxylic acids is 4. The van der Waals surface area contributed by atoms with Gasteiger partial charge in [0.2, 0.25) is 11.8 Å². The molecule has 4 amide bonds. The predicted molar refractivity (Wildman–Crippen MR) is 168 cm³/mol. The summed E-state index contributed by atoms with van der Waals surface area (Å²) in [6, 6.07) is 1.11. The molecular weight excluding hydrogens is 649 g/mol. The van der Waals surface area contributed by atoms with Gasteiger partial charge in [-0.3, -0.25) is 9.59 Å². The number of carboxylic acids is 1. The Morgan fingerprint density at radius 1 is 1.08 bits per heavy atom. The molecule has 1 aromatic carbocycles. The van der Waals surface area contributed by atoms with Crippen LogP contribution in [0.3, 0.4) is 0 Å². The van der Waals surface area contributed by atoms with E-state index in [1.54, 1.807) is 26.8 Å². The first-order valence-electron chi connectivity index (χ1n) is 16.6. The van der Waals surface area contributed by atoms with Crippen molar-refractivity contribution in [2.24, 2.45) is 5.92 Å². The van der Waals surface area contributed by atoms with E-state index >= 15 is 0 Å². The lowest BCUT2D eigenvalue weighted by Crippen LogP contribution is -2.56. The summed E-state index contributed by atoms with van der Waals surface area (Å²) in [7, 11) is 0. The molecule has 4 aliphatic rings. The van der Waals surface area contributed by atoms with Crippen molar-refractivity contribution >= 4 is 30.0 Å². The van der Waals surface area contributed by atoms with Gasteiger partial charge in [0.05, 0.1) is 12.1 Å². The number of alkyl carbamates (subject to hydrolysis) is 1. The van der Waals surface area contributed by atoms with Crippen molar-refractivity contribution in [3.05, 3.63) is 47.0 Å². The number of halogens is 3. The fourth-order valence-corrected chi connectivity index (χ4v) is 6.70. The Balaban J connectivity index is 1.35. The second-order valence-corrected chi connectivity index (χ2v) is 14.2. The van der Waals surface area contributed by atoms with Gasteiger partial charge in [-0.2, -0.15) is 13.2 Å². The zero-order valence-corrected chi connectivity index (χ0v) is 27.8. The normalized spacial score (nSPS) is 27.8. The van der Waals surface area contributed by atoms with Gasteiger partial charge in [-0.15, -0.1) is 0 Å². The standard InChI is InChI=1S/C34H43F3N4O8/c1-32(2,3)49-30(46)38-25-10-8-6-4-5-7-9-23-17-33(23,29(44)45)39-27(42)26-16-24(19-41(26)28(25)43)48-31(47)40-14-13-20-15-22(34(35,36)37)12-11-21(20)18-40/h7,9,11-12,15,23-26H,4-6,8,10,13-14,16-19H2,1-3H3,(H,38,46)(H,39,42)(H,44,45)/t23-,24-,25+,26+,33-/m1/s1. The molecule has 15 heteroatoms. The van der Waals surface area contributed by atoms with Crippen LogP contribution in [0.15, 0.2) is 30.4 Å². The minimum absolute atomic E-state index is 0.0174. The number of alkyl halides is 3. The summed E-state index contributed by atoms with van der Waals surface area (Å²) in [6.45, 7) is 4.97. The second-order valence-electron chi connectivity index (χ2n) is 14.2. The first-order chi connectivity index (χ1) is 23.0. The molecule has 49 heavy (non-hydrogen) atoms. The van der Waals surface area contributed by atoms with Crippen molar-refractivity contribution in [3.63, 3.8) is 0 Å². The van der Waals surface area contributed by atoms with Crippen LogP contribution in [0, 0.1) is 5.92 Å². The number of hydrogen-bond donors (Lipinski definition) is 3. The molecule has 1 saturated carbocycles. The number of carbonyl (C=O) groups is 5. The van der Waals surface area contributed by atoms with Crippen molar-refractivity contribution in [2.75, 3.05) is 13.1 Å². The van der Waals surface area contributed by atoms with Gasteiger partial charge in [-0.1, -0.05) is 31.1 Å². The Labute approximate surface area is 282 Å². The number of hydrogen-bond acceptors (Lipinski definition) is 7. The summed E-state index contributed by atoms with van der Waals surface area (Å²) in [5.74, 6) is -2.94. The molecule has 1 saturated heterocycles. The molecule has 0 unspecified atom stereocenters. The molecule has 3 N–H and O–H groups in total. The number of nitrogens with one attached hydrogen (secondary N) is 2. The lowest BCUT2D eigenvalue weighted by atomic mass is 9.97. The number of amides is 4. The summed E-state index contributed by atoms with van der Waals surface area (Å²) in [6.07, 6.45) is -0.0593. The molecule has 5 atom stereocenters. The molecule has 1 aliphatic carbocycles. The van der Waals surface area contributed by atoms with Gasteiger partial charge < -0.3 is 35.0 Å². The van der Waals surface area contributed by atoms with Gasteiger partial charge in [0, 0.05) is 25.4 Å². The summed E-state index contributed by atoms with van der Waals surface area (Å²) >= 11 is 0. The van der Waals surface area contributed by atoms with Gasteiger partial charge in [0.15, 0.2) is 0 Å². The highest BCUT2D eigenvalue weighted by atomic mass is 19.4. The van der Waals surface area contributed by atoms with E-state index in [0.717, 1.165) is 25.0 Å². The monoisotopic (exact) mass is 692 g/mol. The molecule has 0 bridgehead atoms. The van der Waals surface area contributed by atoms with E-state index in [2.05, 4.69) is 10.6 Å². The predicted octanol–water partition coefficient (Wildman–Crippen LogP) is 4.54. The average Bonchev–Trinajstić information content (AvgIpc) is 3.55. The highest BCUT2D eigenvalue weighted by molar-refractivity contribution is 5.96. The van der Waals surface area contributed by atoms with E-state index in [1.165, 1.54) is 15.9 Å². The van der Waals surface area contributed by atoms with E-state index in [0.29, 0.717) is 24.0 Å². The first kappa shape index (κ1) is 36.0. The molecule has 3 heterocycles. The first-order valence-corrected chi connectivity index (χ1v) is 16.6. The highest BCUT2D eigenvalue weighted by Gasteiger charge is 2.61. The van der Waals surface area contributed by atoms with Crippen LogP contribution >= 0.6 is 0 Å². The maximum absolute atomic E-state index is 14.1. The zero-order valence-electron chi connectivity index (χ0n) is 27.8. The van der Waals surface area contributed by atoms with E-state index in [4.69, 9.17) is 9.47 Å². The highest BCUT2D eigenvalue weighted by Crippen LogP contribution is 2.45. The van der Waals surface area contributed by atoms with Crippen molar-refractivity contribution in [1.82, 2.24) is 20.4 Å².